The van der Waals surface area contributed by atoms with Crippen molar-refractivity contribution in [1.29, 1.82) is 0 Å². The summed E-state index contributed by atoms with van der Waals surface area (Å²) in [5, 5.41) is 3.31. The number of hydrogen-bond donors (Lipinski definition) is 1. The van der Waals surface area contributed by atoms with Crippen LogP contribution in [0.5, 0.6) is 0 Å². The fourth-order valence-electron chi connectivity index (χ4n) is 0.854. The molecule has 2 nitrogen and oxygen atoms in total. The van der Waals surface area contributed by atoms with Crippen LogP contribution < -0.4 is 5.32 Å². The van der Waals surface area contributed by atoms with E-state index in [9.17, 15) is 0 Å². The summed E-state index contributed by atoms with van der Waals surface area (Å²) in [5.41, 5.74) is 0. The lowest BCUT2D eigenvalue weighted by atomic mass is 10.2. The van der Waals surface area contributed by atoms with E-state index in [0.29, 0.717) is 0 Å². The third-order valence-corrected chi connectivity index (χ3v) is 1.46. The first-order chi connectivity index (χ1) is 4.41. The normalized spacial score (nSPS) is 8.18. The van der Waals surface area contributed by atoms with Crippen LogP contribution in [0.1, 0.15) is 39.5 Å². The van der Waals surface area contributed by atoms with E-state index in [4.69, 9.17) is 0 Å². The third kappa shape index (κ3) is 17.9. The molecule has 0 rings (SSSR count). The smallest absolute Gasteiger partial charge is 0.00490 e. The Bertz CT molecular complexity index is 47.4. The first-order valence-corrected chi connectivity index (χ1v) is 4.12. The molecule has 0 aromatic heterocycles. The predicted molar refractivity (Wildman–Crippen MR) is 56.6 cm³/mol. The van der Waals surface area contributed by atoms with E-state index in [-0.39, 0.29) is 22.5 Å². The van der Waals surface area contributed by atoms with Crippen LogP contribution in [0.3, 0.4) is 0 Å². The van der Waals surface area contributed by atoms with E-state index in [1.54, 1.807) is 0 Å². The average Bonchev–Trinajstić information content (AvgIpc) is 1.89. The molecule has 3 N–H and O–H groups in total. The molecule has 0 amide bonds. The van der Waals surface area contributed by atoms with Crippen molar-refractivity contribution < 1.29 is 5.48 Å². The Labute approximate surface area is 80.8 Å². The summed E-state index contributed by atoms with van der Waals surface area (Å²) < 4.78 is 0. The molecule has 0 unspecified atom stereocenters. The van der Waals surface area contributed by atoms with E-state index in [1.807, 2.05) is 0 Å². The highest BCUT2D eigenvalue weighted by Crippen LogP contribution is 1.96. The number of unbranched alkanes of at least 4 members (excludes halogenated alkanes) is 3. The zero-order valence-electron chi connectivity index (χ0n) is 7.65. The summed E-state index contributed by atoms with van der Waals surface area (Å²) in [6.07, 6.45) is 5.47. The summed E-state index contributed by atoms with van der Waals surface area (Å²) in [7, 11) is 0. The van der Waals surface area contributed by atoms with Gasteiger partial charge in [-0.3, -0.25) is 0 Å². The lowest BCUT2D eigenvalue weighted by Gasteiger charge is -1.98. The zero-order valence-corrected chi connectivity index (χ0v) is 9.36. The maximum absolute atomic E-state index is 3.31. The molecule has 0 radical (unpaired) electrons. The topological polar surface area (TPSA) is 43.5 Å². The van der Waals surface area contributed by atoms with Gasteiger partial charge in [-0.25, -0.2) is 0 Å². The minimum absolute atomic E-state index is 0. The van der Waals surface area contributed by atoms with Gasteiger partial charge in [0, 0.05) is 0 Å². The molecular weight excluding hydrogens is 206 g/mol. The van der Waals surface area contributed by atoms with Gasteiger partial charge >= 0.3 is 0 Å². The van der Waals surface area contributed by atoms with Crippen molar-refractivity contribution in [3.8, 4) is 0 Å². The standard InChI is InChI=1S/C8H19N.BrH.H2O/c1-3-5-6-7-8-9-4-2;;/h9H,3-8H2,1-2H3;1H;1H2. The molecule has 3 heteroatoms. The Balaban J connectivity index is -0.000000320. The van der Waals surface area contributed by atoms with Crippen LogP contribution in [0.25, 0.3) is 0 Å². The van der Waals surface area contributed by atoms with Crippen molar-refractivity contribution in [3.63, 3.8) is 0 Å². The van der Waals surface area contributed by atoms with Gasteiger partial charge in [0.15, 0.2) is 0 Å². The molecule has 0 heterocycles. The summed E-state index contributed by atoms with van der Waals surface area (Å²) in [6, 6.07) is 0. The van der Waals surface area contributed by atoms with Gasteiger partial charge in [0.1, 0.15) is 0 Å². The molecule has 11 heavy (non-hydrogen) atoms. The third-order valence-electron chi connectivity index (χ3n) is 1.46. The molecule has 0 fully saturated rings. The molecule has 0 saturated carbocycles. The lowest BCUT2D eigenvalue weighted by Crippen LogP contribution is -2.13. The molecule has 0 saturated heterocycles. The van der Waals surface area contributed by atoms with Gasteiger partial charge in [0.25, 0.3) is 0 Å². The largest absolute Gasteiger partial charge is 0.412 e. The highest BCUT2D eigenvalue weighted by atomic mass is 79.9. The molecule has 0 aliphatic carbocycles. The van der Waals surface area contributed by atoms with Gasteiger partial charge in [-0.2, -0.15) is 0 Å². The SMILES string of the molecule is Br.CCCCCCNCC.O. The van der Waals surface area contributed by atoms with Gasteiger partial charge in [-0.05, 0) is 19.5 Å². The Morgan fingerprint density at radius 3 is 2.09 bits per heavy atom. The summed E-state index contributed by atoms with van der Waals surface area (Å²) in [5.74, 6) is 0. The maximum atomic E-state index is 3.31. The minimum atomic E-state index is 0. The Morgan fingerprint density at radius 2 is 1.64 bits per heavy atom. The van der Waals surface area contributed by atoms with E-state index in [1.165, 1.54) is 32.2 Å². The first-order valence-electron chi connectivity index (χ1n) is 4.12. The number of hydrogen-bond acceptors (Lipinski definition) is 1. The van der Waals surface area contributed by atoms with E-state index in [2.05, 4.69) is 19.2 Å². The van der Waals surface area contributed by atoms with E-state index < -0.39 is 0 Å². The molecule has 0 aliphatic heterocycles. The predicted octanol–water partition coefficient (Wildman–Crippen LogP) is 1.93. The molecule has 0 spiro atoms. The van der Waals surface area contributed by atoms with E-state index in [0.717, 1.165) is 6.54 Å². The van der Waals surface area contributed by atoms with Gasteiger partial charge in [0.05, 0.1) is 0 Å². The number of rotatable bonds is 6. The Morgan fingerprint density at radius 1 is 1.00 bits per heavy atom. The second kappa shape index (κ2) is 16.8. The van der Waals surface area contributed by atoms with Crippen LogP contribution in [0, 0.1) is 0 Å². The van der Waals surface area contributed by atoms with Crippen LogP contribution in [0.2, 0.25) is 0 Å². The van der Waals surface area contributed by atoms with Crippen LogP contribution in [-0.2, 0) is 0 Å². The van der Waals surface area contributed by atoms with Crippen molar-refractivity contribution in [3.05, 3.63) is 0 Å². The van der Waals surface area contributed by atoms with Gasteiger partial charge in [-0.1, -0.05) is 33.1 Å². The van der Waals surface area contributed by atoms with Crippen molar-refractivity contribution in [2.45, 2.75) is 39.5 Å². The summed E-state index contributed by atoms with van der Waals surface area (Å²) in [4.78, 5) is 0. The summed E-state index contributed by atoms with van der Waals surface area (Å²) >= 11 is 0. The number of halogens is 1. The highest BCUT2D eigenvalue weighted by molar-refractivity contribution is 8.93. The monoisotopic (exact) mass is 227 g/mol. The average molecular weight is 228 g/mol. The van der Waals surface area contributed by atoms with Crippen molar-refractivity contribution >= 4 is 17.0 Å². The van der Waals surface area contributed by atoms with Gasteiger partial charge in [-0.15, -0.1) is 17.0 Å². The zero-order chi connectivity index (χ0) is 6.95. The molecule has 0 aromatic rings. The molecule has 72 valence electrons. The molecular formula is C8H22BrNO. The minimum Gasteiger partial charge on any atom is -0.412 e. The quantitative estimate of drug-likeness (QED) is 0.693. The Kier molecular flexibility index (Phi) is 26.7. The maximum Gasteiger partial charge on any atom is -0.00490 e. The summed E-state index contributed by atoms with van der Waals surface area (Å²) in [6.45, 7) is 6.72. The number of nitrogens with one attached hydrogen (secondary N) is 1. The van der Waals surface area contributed by atoms with Gasteiger partial charge < -0.3 is 10.8 Å². The van der Waals surface area contributed by atoms with Crippen LogP contribution in [0.15, 0.2) is 0 Å². The lowest BCUT2D eigenvalue weighted by molar-refractivity contribution is 0.611. The fourth-order valence-corrected chi connectivity index (χ4v) is 0.854. The second-order valence-corrected chi connectivity index (χ2v) is 2.41. The Hall–Kier alpha value is 0.400. The molecule has 0 bridgehead atoms. The van der Waals surface area contributed by atoms with Crippen LogP contribution in [-0.4, -0.2) is 18.6 Å². The highest BCUT2D eigenvalue weighted by Gasteiger charge is 1.84. The van der Waals surface area contributed by atoms with Crippen LogP contribution in [0.4, 0.5) is 0 Å². The van der Waals surface area contributed by atoms with E-state index >= 15 is 0 Å². The molecule has 0 aromatic carbocycles. The van der Waals surface area contributed by atoms with Crippen molar-refractivity contribution in [2.75, 3.05) is 13.1 Å². The van der Waals surface area contributed by atoms with Crippen molar-refractivity contribution in [2.24, 2.45) is 0 Å². The van der Waals surface area contributed by atoms with Crippen molar-refractivity contribution in [1.82, 2.24) is 5.32 Å². The van der Waals surface area contributed by atoms with Crippen LogP contribution >= 0.6 is 17.0 Å². The molecule has 0 atom stereocenters. The molecule has 0 aliphatic rings. The fraction of sp³-hybridized carbons (Fsp3) is 1.00. The van der Waals surface area contributed by atoms with Gasteiger partial charge in [0.2, 0.25) is 0 Å². The first kappa shape index (κ1) is 17.5. The second-order valence-electron chi connectivity index (χ2n) is 2.41.